The second-order valence-electron chi connectivity index (χ2n) is 5.36. The van der Waals surface area contributed by atoms with E-state index < -0.39 is 0 Å². The molecule has 1 unspecified atom stereocenters. The number of aryl methyl sites for hydroxylation is 1. The summed E-state index contributed by atoms with van der Waals surface area (Å²) in [7, 11) is 1.96. The predicted octanol–water partition coefficient (Wildman–Crippen LogP) is 2.04. The Kier molecular flexibility index (Phi) is 3.97. The number of nitrogens with one attached hydrogen (secondary N) is 2. The first-order valence-corrected chi connectivity index (χ1v) is 7.24. The lowest BCUT2D eigenvalue weighted by Gasteiger charge is -2.17. The fourth-order valence-electron chi connectivity index (χ4n) is 2.66. The standard InChI is InChI=1S/C15H21N5/c1-20-11-17-19-15(20)12-4-6-14(7-5-12)18-13-3-2-9-16-10-8-13/h4-7,11,13,16,18H,2-3,8-10H2,1H3. The number of rotatable bonds is 3. The van der Waals surface area contributed by atoms with Gasteiger partial charge in [0.2, 0.25) is 0 Å². The summed E-state index contributed by atoms with van der Waals surface area (Å²) >= 11 is 0. The maximum absolute atomic E-state index is 4.13. The molecule has 1 atom stereocenters. The average molecular weight is 271 g/mol. The lowest BCUT2D eigenvalue weighted by molar-refractivity contribution is 0.637. The Morgan fingerprint density at radius 3 is 2.80 bits per heavy atom. The van der Waals surface area contributed by atoms with Gasteiger partial charge in [0, 0.05) is 24.3 Å². The first kappa shape index (κ1) is 13.1. The predicted molar refractivity (Wildman–Crippen MR) is 80.6 cm³/mol. The summed E-state index contributed by atoms with van der Waals surface area (Å²) in [5.41, 5.74) is 2.28. The Hall–Kier alpha value is -1.88. The summed E-state index contributed by atoms with van der Waals surface area (Å²) < 4.78 is 1.93. The summed E-state index contributed by atoms with van der Waals surface area (Å²) in [6.07, 6.45) is 5.39. The summed E-state index contributed by atoms with van der Waals surface area (Å²) in [4.78, 5) is 0. The van der Waals surface area contributed by atoms with Gasteiger partial charge in [-0.05, 0) is 56.6 Å². The lowest BCUT2D eigenvalue weighted by atomic mass is 10.1. The molecule has 1 aliphatic rings. The van der Waals surface area contributed by atoms with E-state index in [9.17, 15) is 0 Å². The highest BCUT2D eigenvalue weighted by Crippen LogP contribution is 2.20. The van der Waals surface area contributed by atoms with Crippen LogP contribution in [0, 0.1) is 0 Å². The van der Waals surface area contributed by atoms with Gasteiger partial charge in [-0.25, -0.2) is 0 Å². The highest BCUT2D eigenvalue weighted by Gasteiger charge is 2.11. The minimum absolute atomic E-state index is 0.575. The number of aromatic nitrogens is 3. The molecule has 5 heteroatoms. The van der Waals surface area contributed by atoms with Gasteiger partial charge in [-0.3, -0.25) is 0 Å². The van der Waals surface area contributed by atoms with Crippen molar-refractivity contribution in [2.24, 2.45) is 7.05 Å². The SMILES string of the molecule is Cn1cnnc1-c1ccc(NC2CCCNCC2)cc1. The van der Waals surface area contributed by atoms with Crippen LogP contribution in [0.5, 0.6) is 0 Å². The van der Waals surface area contributed by atoms with Crippen LogP contribution in [-0.4, -0.2) is 33.9 Å². The van der Waals surface area contributed by atoms with Crippen molar-refractivity contribution in [2.75, 3.05) is 18.4 Å². The molecule has 1 saturated heterocycles. The molecule has 0 radical (unpaired) electrons. The molecule has 1 aromatic heterocycles. The number of hydrogen-bond acceptors (Lipinski definition) is 4. The second kappa shape index (κ2) is 6.05. The van der Waals surface area contributed by atoms with Crippen molar-refractivity contribution in [1.29, 1.82) is 0 Å². The smallest absolute Gasteiger partial charge is 0.163 e. The van der Waals surface area contributed by atoms with Crippen molar-refractivity contribution in [3.8, 4) is 11.4 Å². The molecule has 0 amide bonds. The number of nitrogens with zero attached hydrogens (tertiary/aromatic N) is 3. The molecule has 0 saturated carbocycles. The highest BCUT2D eigenvalue weighted by molar-refractivity contribution is 5.59. The normalized spacial score (nSPS) is 19.6. The van der Waals surface area contributed by atoms with Crippen LogP contribution in [0.4, 0.5) is 5.69 Å². The number of benzene rings is 1. The largest absolute Gasteiger partial charge is 0.382 e. The third kappa shape index (κ3) is 2.99. The Balaban J connectivity index is 1.68. The van der Waals surface area contributed by atoms with Gasteiger partial charge in [0.25, 0.3) is 0 Å². The van der Waals surface area contributed by atoms with E-state index in [-0.39, 0.29) is 0 Å². The molecular weight excluding hydrogens is 250 g/mol. The monoisotopic (exact) mass is 271 g/mol. The van der Waals surface area contributed by atoms with Crippen molar-refractivity contribution >= 4 is 5.69 Å². The molecule has 106 valence electrons. The van der Waals surface area contributed by atoms with E-state index in [1.165, 1.54) is 24.9 Å². The van der Waals surface area contributed by atoms with Crippen LogP contribution in [0.15, 0.2) is 30.6 Å². The van der Waals surface area contributed by atoms with E-state index in [4.69, 9.17) is 0 Å². The van der Waals surface area contributed by atoms with Crippen LogP contribution in [0.2, 0.25) is 0 Å². The van der Waals surface area contributed by atoms with Gasteiger partial charge >= 0.3 is 0 Å². The first-order chi connectivity index (χ1) is 9.83. The Bertz CT molecular complexity index is 538. The van der Waals surface area contributed by atoms with E-state index in [0.29, 0.717) is 6.04 Å². The molecule has 1 aromatic carbocycles. The minimum Gasteiger partial charge on any atom is -0.382 e. The molecule has 2 heterocycles. The van der Waals surface area contributed by atoms with Crippen LogP contribution in [0.25, 0.3) is 11.4 Å². The Morgan fingerprint density at radius 2 is 2.05 bits per heavy atom. The zero-order valence-electron chi connectivity index (χ0n) is 11.8. The van der Waals surface area contributed by atoms with E-state index in [1.807, 2.05) is 11.6 Å². The van der Waals surface area contributed by atoms with Gasteiger partial charge in [-0.15, -0.1) is 10.2 Å². The van der Waals surface area contributed by atoms with Crippen molar-refractivity contribution in [3.63, 3.8) is 0 Å². The molecule has 2 N–H and O–H groups in total. The van der Waals surface area contributed by atoms with Gasteiger partial charge in [0.05, 0.1) is 0 Å². The summed E-state index contributed by atoms with van der Waals surface area (Å²) in [6.45, 7) is 2.25. The van der Waals surface area contributed by atoms with Crippen molar-refractivity contribution in [1.82, 2.24) is 20.1 Å². The minimum atomic E-state index is 0.575. The van der Waals surface area contributed by atoms with Gasteiger partial charge in [-0.1, -0.05) is 0 Å². The maximum Gasteiger partial charge on any atom is 0.163 e. The van der Waals surface area contributed by atoms with Crippen molar-refractivity contribution in [3.05, 3.63) is 30.6 Å². The van der Waals surface area contributed by atoms with E-state index in [2.05, 4.69) is 45.1 Å². The topological polar surface area (TPSA) is 54.8 Å². The molecule has 0 bridgehead atoms. The molecule has 1 aliphatic heterocycles. The van der Waals surface area contributed by atoms with Gasteiger partial charge < -0.3 is 15.2 Å². The van der Waals surface area contributed by atoms with E-state index in [1.54, 1.807) is 6.33 Å². The lowest BCUT2D eigenvalue weighted by Crippen LogP contribution is -2.21. The summed E-state index contributed by atoms with van der Waals surface area (Å²) in [5.74, 6) is 0.898. The molecule has 0 aliphatic carbocycles. The van der Waals surface area contributed by atoms with Crippen LogP contribution in [0.1, 0.15) is 19.3 Å². The quantitative estimate of drug-likeness (QED) is 0.897. The zero-order chi connectivity index (χ0) is 13.8. The van der Waals surface area contributed by atoms with Crippen LogP contribution in [-0.2, 0) is 7.05 Å². The van der Waals surface area contributed by atoms with Crippen molar-refractivity contribution < 1.29 is 0 Å². The van der Waals surface area contributed by atoms with Crippen LogP contribution in [0.3, 0.4) is 0 Å². The van der Waals surface area contributed by atoms with Crippen LogP contribution < -0.4 is 10.6 Å². The molecule has 2 aromatic rings. The molecule has 1 fully saturated rings. The Labute approximate surface area is 119 Å². The average Bonchev–Trinajstić information content (AvgIpc) is 2.73. The fourth-order valence-corrected chi connectivity index (χ4v) is 2.66. The zero-order valence-corrected chi connectivity index (χ0v) is 11.8. The molecule has 5 nitrogen and oxygen atoms in total. The van der Waals surface area contributed by atoms with E-state index >= 15 is 0 Å². The van der Waals surface area contributed by atoms with E-state index in [0.717, 1.165) is 24.5 Å². The van der Waals surface area contributed by atoms with Crippen molar-refractivity contribution in [2.45, 2.75) is 25.3 Å². The third-order valence-electron chi connectivity index (χ3n) is 3.80. The van der Waals surface area contributed by atoms with Gasteiger partial charge in [0.1, 0.15) is 6.33 Å². The fraction of sp³-hybridized carbons (Fsp3) is 0.467. The Morgan fingerprint density at radius 1 is 1.20 bits per heavy atom. The third-order valence-corrected chi connectivity index (χ3v) is 3.80. The molecule has 0 spiro atoms. The van der Waals surface area contributed by atoms with Gasteiger partial charge in [0.15, 0.2) is 5.82 Å². The molecule has 3 rings (SSSR count). The second-order valence-corrected chi connectivity index (χ2v) is 5.36. The highest BCUT2D eigenvalue weighted by atomic mass is 15.2. The maximum atomic E-state index is 4.13. The molecular formula is C15H21N5. The van der Waals surface area contributed by atoms with Crippen LogP contribution >= 0.6 is 0 Å². The first-order valence-electron chi connectivity index (χ1n) is 7.24. The summed E-state index contributed by atoms with van der Waals surface area (Å²) in [6, 6.07) is 9.03. The molecule has 20 heavy (non-hydrogen) atoms. The van der Waals surface area contributed by atoms with Gasteiger partial charge in [-0.2, -0.15) is 0 Å². The number of hydrogen-bond donors (Lipinski definition) is 2. The summed E-state index contributed by atoms with van der Waals surface area (Å²) in [5, 5.41) is 15.1. The number of anilines is 1.